The smallest absolute Gasteiger partial charge is 0.129 e. The summed E-state index contributed by atoms with van der Waals surface area (Å²) in [6.45, 7) is 2.84. The second kappa shape index (κ2) is 5.73. The lowest BCUT2D eigenvalue weighted by atomic mass is 10.1. The van der Waals surface area contributed by atoms with Gasteiger partial charge in [0.05, 0.1) is 30.1 Å². The van der Waals surface area contributed by atoms with E-state index in [4.69, 9.17) is 16.3 Å². The number of ether oxygens (including phenoxy) is 1. The number of halogens is 1. The van der Waals surface area contributed by atoms with E-state index in [-0.39, 0.29) is 6.04 Å². The average Bonchev–Trinajstić information content (AvgIpc) is 2.99. The summed E-state index contributed by atoms with van der Waals surface area (Å²) in [7, 11) is 3.59. The van der Waals surface area contributed by atoms with Crippen LogP contribution >= 0.6 is 22.9 Å². The number of nitrogens with one attached hydrogen (secondary N) is 1. The lowest BCUT2D eigenvalue weighted by Gasteiger charge is -2.16. The van der Waals surface area contributed by atoms with Crippen molar-refractivity contribution in [2.45, 2.75) is 19.5 Å². The molecule has 0 aliphatic heterocycles. The third-order valence-electron chi connectivity index (χ3n) is 2.81. The average molecular weight is 286 g/mol. The topological polar surface area (TPSA) is 39.1 Å². The highest BCUT2D eigenvalue weighted by Crippen LogP contribution is 2.33. The molecule has 0 aliphatic rings. The number of hydrogen-bond donors (Lipinski definition) is 1. The summed E-state index contributed by atoms with van der Waals surface area (Å²) in [4.78, 5) is 1.16. The highest BCUT2D eigenvalue weighted by Gasteiger charge is 2.21. The van der Waals surface area contributed by atoms with Crippen LogP contribution in [0.5, 0.6) is 5.75 Å². The number of rotatable bonds is 5. The zero-order valence-electron chi connectivity index (χ0n) is 10.6. The first-order valence-corrected chi connectivity index (χ1v) is 6.97. The zero-order valence-corrected chi connectivity index (χ0v) is 12.2. The minimum Gasteiger partial charge on any atom is -0.496 e. The van der Waals surface area contributed by atoms with Crippen LogP contribution in [0.4, 0.5) is 0 Å². The summed E-state index contributed by atoms with van der Waals surface area (Å²) < 4.78 is 7.13. The van der Waals surface area contributed by atoms with Gasteiger partial charge in [-0.1, -0.05) is 11.6 Å². The van der Waals surface area contributed by atoms with Gasteiger partial charge in [-0.25, -0.2) is 0 Å². The van der Waals surface area contributed by atoms with Gasteiger partial charge in [0, 0.05) is 16.8 Å². The molecule has 0 aliphatic carbocycles. The van der Waals surface area contributed by atoms with Crippen molar-refractivity contribution in [1.82, 2.24) is 15.1 Å². The van der Waals surface area contributed by atoms with Gasteiger partial charge in [0.25, 0.3) is 0 Å². The van der Waals surface area contributed by atoms with Crippen molar-refractivity contribution >= 4 is 22.9 Å². The molecule has 2 heterocycles. The quantitative estimate of drug-likeness (QED) is 0.918. The normalized spacial score (nSPS) is 12.7. The fourth-order valence-electron chi connectivity index (χ4n) is 1.92. The molecule has 2 aromatic heterocycles. The Kier molecular flexibility index (Phi) is 4.27. The van der Waals surface area contributed by atoms with Crippen LogP contribution in [0.25, 0.3) is 0 Å². The van der Waals surface area contributed by atoms with Crippen molar-refractivity contribution in [3.63, 3.8) is 0 Å². The number of aryl methyl sites for hydroxylation is 1. The van der Waals surface area contributed by atoms with Gasteiger partial charge < -0.3 is 10.1 Å². The van der Waals surface area contributed by atoms with Gasteiger partial charge in [0.1, 0.15) is 5.75 Å². The molecule has 2 aromatic rings. The highest BCUT2D eigenvalue weighted by atomic mass is 35.5. The van der Waals surface area contributed by atoms with Crippen LogP contribution in [0.3, 0.4) is 0 Å². The molecule has 0 spiro atoms. The van der Waals surface area contributed by atoms with Crippen LogP contribution in [0, 0.1) is 0 Å². The third kappa shape index (κ3) is 2.39. The van der Waals surface area contributed by atoms with E-state index in [2.05, 4.69) is 17.3 Å². The van der Waals surface area contributed by atoms with Crippen LogP contribution in [0.2, 0.25) is 5.02 Å². The van der Waals surface area contributed by atoms with E-state index in [1.54, 1.807) is 24.6 Å². The van der Waals surface area contributed by atoms with Gasteiger partial charge in [-0.2, -0.15) is 5.10 Å². The molecule has 1 atom stereocenters. The molecule has 18 heavy (non-hydrogen) atoms. The Morgan fingerprint density at radius 1 is 1.61 bits per heavy atom. The lowest BCUT2D eigenvalue weighted by Crippen LogP contribution is -2.20. The minimum atomic E-state index is 0.0360. The van der Waals surface area contributed by atoms with Crippen LogP contribution in [0.15, 0.2) is 17.6 Å². The second-order valence-electron chi connectivity index (χ2n) is 3.80. The maximum atomic E-state index is 6.24. The maximum Gasteiger partial charge on any atom is 0.129 e. The van der Waals surface area contributed by atoms with Crippen molar-refractivity contribution in [2.75, 3.05) is 14.2 Å². The Morgan fingerprint density at radius 3 is 2.94 bits per heavy atom. The minimum absolute atomic E-state index is 0.0360. The van der Waals surface area contributed by atoms with Crippen molar-refractivity contribution in [3.8, 4) is 5.75 Å². The molecule has 0 bridgehead atoms. The van der Waals surface area contributed by atoms with Crippen LogP contribution in [-0.4, -0.2) is 23.9 Å². The summed E-state index contributed by atoms with van der Waals surface area (Å²) in [6.07, 6.45) is 1.69. The van der Waals surface area contributed by atoms with Gasteiger partial charge >= 0.3 is 0 Å². The van der Waals surface area contributed by atoms with E-state index in [0.717, 1.165) is 22.9 Å². The molecule has 98 valence electrons. The van der Waals surface area contributed by atoms with Crippen LogP contribution in [-0.2, 0) is 6.54 Å². The molecule has 1 unspecified atom stereocenters. The van der Waals surface area contributed by atoms with E-state index in [0.29, 0.717) is 5.02 Å². The predicted molar refractivity (Wildman–Crippen MR) is 74.7 cm³/mol. The molecule has 0 saturated carbocycles. The molecule has 4 nitrogen and oxygen atoms in total. The molecule has 0 fully saturated rings. The Bertz CT molecular complexity index is 523. The van der Waals surface area contributed by atoms with Crippen molar-refractivity contribution in [2.24, 2.45) is 0 Å². The van der Waals surface area contributed by atoms with Gasteiger partial charge in [-0.15, -0.1) is 11.3 Å². The fraction of sp³-hybridized carbons (Fsp3) is 0.417. The Hall–Kier alpha value is -1.04. The van der Waals surface area contributed by atoms with Crippen molar-refractivity contribution < 1.29 is 4.74 Å². The molecular formula is C12H16ClN3OS. The summed E-state index contributed by atoms with van der Waals surface area (Å²) in [6, 6.07) is 2.06. The number of methoxy groups -OCH3 is 1. The van der Waals surface area contributed by atoms with E-state index in [1.165, 1.54) is 0 Å². The van der Waals surface area contributed by atoms with Gasteiger partial charge in [-0.3, -0.25) is 4.68 Å². The zero-order chi connectivity index (χ0) is 13.1. The first-order chi connectivity index (χ1) is 8.71. The molecule has 0 saturated heterocycles. The third-order valence-corrected chi connectivity index (χ3v) is 4.08. The van der Waals surface area contributed by atoms with E-state index < -0.39 is 0 Å². The fourth-order valence-corrected chi connectivity index (χ4v) is 3.13. The number of aromatic nitrogens is 2. The molecule has 1 N–H and O–H groups in total. The maximum absolute atomic E-state index is 6.24. The lowest BCUT2D eigenvalue weighted by molar-refractivity contribution is 0.416. The first-order valence-electron chi connectivity index (χ1n) is 5.72. The largest absolute Gasteiger partial charge is 0.496 e. The first kappa shape index (κ1) is 13.4. The summed E-state index contributed by atoms with van der Waals surface area (Å²) in [5.41, 5.74) is 0.992. The molecule has 0 amide bonds. The summed E-state index contributed by atoms with van der Waals surface area (Å²) >= 11 is 7.88. The summed E-state index contributed by atoms with van der Waals surface area (Å²) in [5, 5.41) is 10.2. The van der Waals surface area contributed by atoms with Gasteiger partial charge in [0.2, 0.25) is 0 Å². The summed E-state index contributed by atoms with van der Waals surface area (Å²) in [5.74, 6) is 0.869. The Balaban J connectivity index is 2.41. The number of nitrogens with zero attached hydrogens (tertiary/aromatic N) is 2. The standard InChI is InChI=1S/C12H16ClN3OS/c1-4-16-12(9(13)6-15-16)11(14-2)10-5-8(17-3)7-18-10/h5-7,11,14H,4H2,1-3H3. The SMILES string of the molecule is CCn1ncc(Cl)c1C(NC)c1cc(OC)cs1. The van der Waals surface area contributed by atoms with E-state index in [1.807, 2.05) is 23.2 Å². The number of thiophene rings is 1. The molecule has 0 aromatic carbocycles. The van der Waals surface area contributed by atoms with Crippen LogP contribution < -0.4 is 10.1 Å². The predicted octanol–water partition coefficient (Wildman–Crippen LogP) is 2.94. The highest BCUT2D eigenvalue weighted by molar-refractivity contribution is 7.10. The van der Waals surface area contributed by atoms with E-state index >= 15 is 0 Å². The Labute approximate surface area is 116 Å². The molecular weight excluding hydrogens is 270 g/mol. The Morgan fingerprint density at radius 2 is 2.39 bits per heavy atom. The van der Waals surface area contributed by atoms with Gasteiger partial charge in [0.15, 0.2) is 0 Å². The molecule has 6 heteroatoms. The van der Waals surface area contributed by atoms with Crippen LogP contribution in [0.1, 0.15) is 23.5 Å². The molecule has 0 radical (unpaired) electrons. The van der Waals surface area contributed by atoms with Crippen molar-refractivity contribution in [1.29, 1.82) is 0 Å². The molecule has 2 rings (SSSR count). The van der Waals surface area contributed by atoms with Gasteiger partial charge in [-0.05, 0) is 20.0 Å². The second-order valence-corrected chi connectivity index (χ2v) is 5.15. The number of hydrogen-bond acceptors (Lipinski definition) is 4. The van der Waals surface area contributed by atoms with Crippen molar-refractivity contribution in [3.05, 3.63) is 33.2 Å². The van der Waals surface area contributed by atoms with E-state index in [9.17, 15) is 0 Å². The monoisotopic (exact) mass is 285 g/mol.